The molecule has 1 atom stereocenters. The van der Waals surface area contributed by atoms with Crippen LogP contribution < -0.4 is 11.1 Å². The Balaban J connectivity index is 1.27. The number of carbonyl (C=O) groups excluding carboxylic acids is 1. The van der Waals surface area contributed by atoms with Gasteiger partial charge in [-0.1, -0.05) is 66.7 Å². The number of nitrogens with zero attached hydrogens (tertiary/aromatic N) is 4. The Morgan fingerprint density at radius 3 is 2.44 bits per heavy atom. The molecule has 0 fully saturated rings. The molecule has 0 radical (unpaired) electrons. The molecule has 6 rings (SSSR count). The number of phenols is 1. The van der Waals surface area contributed by atoms with Crippen LogP contribution in [0.15, 0.2) is 97.2 Å². The van der Waals surface area contributed by atoms with Crippen molar-refractivity contribution in [3.63, 3.8) is 0 Å². The molecule has 1 amide bonds. The molecule has 3 aromatic carbocycles. The van der Waals surface area contributed by atoms with E-state index in [1.54, 1.807) is 22.6 Å². The average molecular weight is 545 g/mol. The van der Waals surface area contributed by atoms with Crippen LogP contribution in [0, 0.1) is 0 Å². The Hall–Kier alpha value is -5.12. The molecule has 3 aromatic heterocycles. The van der Waals surface area contributed by atoms with Gasteiger partial charge in [-0.15, -0.1) is 10.2 Å². The Morgan fingerprint density at radius 2 is 1.68 bits per heavy atom. The molecule has 0 bridgehead atoms. The van der Waals surface area contributed by atoms with E-state index in [2.05, 4.69) is 21.6 Å². The highest BCUT2D eigenvalue weighted by Gasteiger charge is 2.16. The van der Waals surface area contributed by atoms with Crippen molar-refractivity contribution in [1.82, 2.24) is 19.6 Å². The molecule has 0 aliphatic heterocycles. The van der Waals surface area contributed by atoms with E-state index in [0.717, 1.165) is 38.9 Å². The van der Waals surface area contributed by atoms with Crippen LogP contribution in [0.2, 0.25) is 0 Å². The summed E-state index contributed by atoms with van der Waals surface area (Å²) in [7, 11) is 0. The highest BCUT2D eigenvalue weighted by atomic mass is 16.3. The number of fused-ring (bicyclic) bond motifs is 3. The average Bonchev–Trinajstić information content (AvgIpc) is 3.42. The van der Waals surface area contributed by atoms with Gasteiger partial charge >= 0.3 is 0 Å². The van der Waals surface area contributed by atoms with Gasteiger partial charge in [-0.05, 0) is 41.8 Å². The third-order valence-electron chi connectivity index (χ3n) is 7.02. The number of benzene rings is 3. The van der Waals surface area contributed by atoms with Crippen LogP contribution in [0.4, 0.5) is 5.69 Å². The Labute approximate surface area is 235 Å². The van der Waals surface area contributed by atoms with Crippen LogP contribution in [-0.4, -0.2) is 41.7 Å². The molecule has 5 N–H and O–H groups in total. The fraction of sp³-hybridized carbons (Fsp3) is 0.125. The minimum atomic E-state index is -0.389. The smallest absolute Gasteiger partial charge is 0.226 e. The number of aliphatic hydroxyl groups is 1. The van der Waals surface area contributed by atoms with E-state index in [1.165, 1.54) is 6.07 Å². The van der Waals surface area contributed by atoms with Crippen molar-refractivity contribution in [3.05, 3.63) is 109 Å². The number of nitrogens with one attached hydrogen (secondary N) is 1. The van der Waals surface area contributed by atoms with Gasteiger partial charge in [0.1, 0.15) is 12.4 Å². The minimum absolute atomic E-state index is 0.0166. The molecule has 204 valence electrons. The maximum atomic E-state index is 12.5. The van der Waals surface area contributed by atoms with Gasteiger partial charge in [0, 0.05) is 35.2 Å². The molecule has 0 saturated carbocycles. The standard InChI is InChI=1S/C32H28N6O3/c33-23(17-30(41)34-27-8-4-5-9-28(27)40)16-20-10-12-22(13-11-20)31-24(21-6-2-1-3-7-21)18-25-26(35-31)14-15-38-29(19-39)36-37-32(25)38/h1-15,18,23,39-40H,16-17,19,33H2,(H,34,41). The van der Waals surface area contributed by atoms with Gasteiger partial charge in [0.05, 0.1) is 16.9 Å². The maximum absolute atomic E-state index is 12.5. The Bertz CT molecular complexity index is 1850. The van der Waals surface area contributed by atoms with Crippen LogP contribution in [0.5, 0.6) is 5.75 Å². The number of anilines is 1. The number of carbonyl (C=O) groups is 1. The number of aromatic nitrogens is 4. The fourth-order valence-corrected chi connectivity index (χ4v) is 5.00. The first-order chi connectivity index (χ1) is 20.0. The fourth-order valence-electron chi connectivity index (χ4n) is 5.00. The third-order valence-corrected chi connectivity index (χ3v) is 7.02. The Morgan fingerprint density at radius 1 is 0.927 bits per heavy atom. The number of amides is 1. The molecule has 3 heterocycles. The highest BCUT2D eigenvalue weighted by Crippen LogP contribution is 2.34. The molecule has 0 aliphatic rings. The summed E-state index contributed by atoms with van der Waals surface area (Å²) >= 11 is 0. The molecule has 9 nitrogen and oxygen atoms in total. The van der Waals surface area contributed by atoms with E-state index >= 15 is 0 Å². The lowest BCUT2D eigenvalue weighted by Gasteiger charge is -2.14. The van der Waals surface area contributed by atoms with E-state index in [0.29, 0.717) is 23.6 Å². The SMILES string of the molecule is NC(CC(=O)Nc1ccccc1O)Cc1ccc(-c2nc3ccn4c(CO)nnc4c3cc2-c2ccccc2)cc1. The zero-order chi connectivity index (χ0) is 28.3. The molecule has 0 aliphatic carbocycles. The largest absolute Gasteiger partial charge is 0.506 e. The number of hydrogen-bond donors (Lipinski definition) is 4. The van der Waals surface area contributed by atoms with Crippen molar-refractivity contribution in [2.75, 3.05) is 5.32 Å². The molecule has 41 heavy (non-hydrogen) atoms. The lowest BCUT2D eigenvalue weighted by atomic mass is 9.96. The molecule has 1 unspecified atom stereocenters. The molecule has 9 heteroatoms. The number of rotatable bonds is 8. The van der Waals surface area contributed by atoms with E-state index in [-0.39, 0.29) is 30.7 Å². The van der Waals surface area contributed by atoms with Crippen molar-refractivity contribution in [3.8, 4) is 28.1 Å². The number of aliphatic hydroxyl groups excluding tert-OH is 1. The minimum Gasteiger partial charge on any atom is -0.506 e. The second kappa shape index (κ2) is 11.2. The predicted molar refractivity (Wildman–Crippen MR) is 158 cm³/mol. The quantitative estimate of drug-likeness (QED) is 0.204. The van der Waals surface area contributed by atoms with Crippen molar-refractivity contribution in [2.45, 2.75) is 25.5 Å². The number of hydrogen-bond acceptors (Lipinski definition) is 7. The summed E-state index contributed by atoms with van der Waals surface area (Å²) in [6.45, 7) is -0.207. The summed E-state index contributed by atoms with van der Waals surface area (Å²) in [5, 5.41) is 31.5. The monoisotopic (exact) mass is 544 g/mol. The first-order valence-corrected chi connectivity index (χ1v) is 13.3. The summed E-state index contributed by atoms with van der Waals surface area (Å²) in [5.74, 6) is 0.232. The second-order valence-electron chi connectivity index (χ2n) is 9.90. The summed E-state index contributed by atoms with van der Waals surface area (Å²) < 4.78 is 1.78. The van der Waals surface area contributed by atoms with Crippen LogP contribution in [0.1, 0.15) is 17.8 Å². The van der Waals surface area contributed by atoms with Crippen LogP contribution in [0.3, 0.4) is 0 Å². The van der Waals surface area contributed by atoms with Gasteiger partial charge in [-0.2, -0.15) is 0 Å². The third kappa shape index (κ3) is 5.36. The van der Waals surface area contributed by atoms with Gasteiger partial charge in [0.2, 0.25) is 5.91 Å². The van der Waals surface area contributed by atoms with Gasteiger partial charge in [-0.25, -0.2) is 4.98 Å². The zero-order valence-corrected chi connectivity index (χ0v) is 22.1. The Kier molecular flexibility index (Phi) is 7.11. The highest BCUT2D eigenvalue weighted by molar-refractivity contribution is 5.98. The van der Waals surface area contributed by atoms with Gasteiger partial charge in [-0.3, -0.25) is 9.20 Å². The summed E-state index contributed by atoms with van der Waals surface area (Å²) in [4.78, 5) is 17.5. The van der Waals surface area contributed by atoms with E-state index in [9.17, 15) is 15.0 Å². The molecule has 0 spiro atoms. The predicted octanol–water partition coefficient (Wildman–Crippen LogP) is 4.71. The van der Waals surface area contributed by atoms with E-state index < -0.39 is 0 Å². The molecular formula is C32H28N6O3. The van der Waals surface area contributed by atoms with Crippen molar-refractivity contribution in [2.24, 2.45) is 5.73 Å². The maximum Gasteiger partial charge on any atom is 0.226 e. The van der Waals surface area contributed by atoms with Crippen molar-refractivity contribution >= 4 is 28.1 Å². The summed E-state index contributed by atoms with van der Waals surface area (Å²) in [6, 6.07) is 28.3. The first kappa shape index (κ1) is 26.1. The zero-order valence-electron chi connectivity index (χ0n) is 22.1. The molecular weight excluding hydrogens is 516 g/mol. The number of para-hydroxylation sites is 2. The number of nitrogens with two attached hydrogens (primary N) is 1. The van der Waals surface area contributed by atoms with E-state index in [1.807, 2.05) is 66.9 Å². The summed E-state index contributed by atoms with van der Waals surface area (Å²) in [6.07, 6.45) is 2.46. The first-order valence-electron chi connectivity index (χ1n) is 13.3. The van der Waals surface area contributed by atoms with Crippen LogP contribution in [-0.2, 0) is 17.8 Å². The number of phenolic OH excluding ortho intramolecular Hbond substituents is 1. The number of pyridine rings is 2. The van der Waals surface area contributed by atoms with Gasteiger partial charge in [0.25, 0.3) is 0 Å². The van der Waals surface area contributed by atoms with Gasteiger partial charge < -0.3 is 21.3 Å². The molecule has 6 aromatic rings. The molecule has 0 saturated heterocycles. The van der Waals surface area contributed by atoms with Crippen molar-refractivity contribution < 1.29 is 15.0 Å². The van der Waals surface area contributed by atoms with Crippen LogP contribution in [0.25, 0.3) is 38.9 Å². The van der Waals surface area contributed by atoms with Crippen molar-refractivity contribution in [1.29, 1.82) is 0 Å². The lowest BCUT2D eigenvalue weighted by Crippen LogP contribution is -2.29. The van der Waals surface area contributed by atoms with Gasteiger partial charge in [0.15, 0.2) is 11.5 Å². The normalized spacial score (nSPS) is 12.0. The van der Waals surface area contributed by atoms with Crippen LogP contribution >= 0.6 is 0 Å². The second-order valence-corrected chi connectivity index (χ2v) is 9.90. The summed E-state index contributed by atoms with van der Waals surface area (Å²) in [5.41, 5.74) is 12.8. The topological polar surface area (TPSA) is 139 Å². The lowest BCUT2D eigenvalue weighted by molar-refractivity contribution is -0.116. The van der Waals surface area contributed by atoms with E-state index in [4.69, 9.17) is 10.7 Å². The number of aromatic hydroxyl groups is 1.